The standard InChI is InChI=1S/C14H23N3O2/c1-4-7-17(8-9-18)13-6-5-11(10-12(13)15)14(19)16(2)3/h5-6,10,18H,4,7-9,15H2,1-3H3. The lowest BCUT2D eigenvalue weighted by Crippen LogP contribution is -2.28. The van der Waals surface area contributed by atoms with Crippen molar-refractivity contribution in [1.82, 2.24) is 4.90 Å². The maximum Gasteiger partial charge on any atom is 0.253 e. The largest absolute Gasteiger partial charge is 0.397 e. The zero-order chi connectivity index (χ0) is 14.4. The topological polar surface area (TPSA) is 69.8 Å². The number of nitrogen functional groups attached to an aromatic ring is 1. The number of carbonyl (C=O) groups excluding carboxylic acids is 1. The van der Waals surface area contributed by atoms with Gasteiger partial charge in [0.2, 0.25) is 0 Å². The van der Waals surface area contributed by atoms with Crippen LogP contribution in [0.4, 0.5) is 11.4 Å². The quantitative estimate of drug-likeness (QED) is 0.758. The Morgan fingerprint density at radius 2 is 2.00 bits per heavy atom. The van der Waals surface area contributed by atoms with Crippen LogP contribution in [0, 0.1) is 0 Å². The smallest absolute Gasteiger partial charge is 0.253 e. The normalized spacial score (nSPS) is 10.3. The molecule has 1 rings (SSSR count). The molecular formula is C14H23N3O2. The van der Waals surface area contributed by atoms with Gasteiger partial charge in [0.05, 0.1) is 18.0 Å². The van der Waals surface area contributed by atoms with Gasteiger partial charge in [-0.15, -0.1) is 0 Å². The van der Waals surface area contributed by atoms with Crippen LogP contribution in [0.1, 0.15) is 23.7 Å². The number of nitrogens with zero attached hydrogens (tertiary/aromatic N) is 2. The zero-order valence-corrected chi connectivity index (χ0v) is 11.9. The Labute approximate surface area is 114 Å². The van der Waals surface area contributed by atoms with E-state index in [0.29, 0.717) is 17.8 Å². The molecule has 0 aliphatic heterocycles. The Morgan fingerprint density at radius 3 is 2.47 bits per heavy atom. The minimum atomic E-state index is -0.0672. The van der Waals surface area contributed by atoms with E-state index in [1.807, 2.05) is 11.0 Å². The number of rotatable bonds is 6. The molecule has 0 fully saturated rings. The summed E-state index contributed by atoms with van der Waals surface area (Å²) in [5.74, 6) is -0.0672. The summed E-state index contributed by atoms with van der Waals surface area (Å²) in [6.07, 6.45) is 0.970. The molecule has 1 amide bonds. The first kappa shape index (κ1) is 15.3. The second-order valence-corrected chi connectivity index (χ2v) is 4.68. The highest BCUT2D eigenvalue weighted by molar-refractivity contribution is 5.95. The number of hydrogen-bond donors (Lipinski definition) is 2. The predicted octanol–water partition coefficient (Wildman–Crippen LogP) is 1.18. The molecule has 0 spiro atoms. The van der Waals surface area contributed by atoms with Crippen LogP contribution in [-0.4, -0.2) is 49.7 Å². The minimum Gasteiger partial charge on any atom is -0.397 e. The first-order chi connectivity index (χ1) is 9.01. The van der Waals surface area contributed by atoms with Gasteiger partial charge in [-0.05, 0) is 24.6 Å². The fourth-order valence-corrected chi connectivity index (χ4v) is 1.98. The number of amides is 1. The van der Waals surface area contributed by atoms with Crippen molar-refractivity contribution in [2.45, 2.75) is 13.3 Å². The van der Waals surface area contributed by atoms with Crippen molar-refractivity contribution in [3.05, 3.63) is 23.8 Å². The van der Waals surface area contributed by atoms with E-state index in [9.17, 15) is 4.79 Å². The van der Waals surface area contributed by atoms with Gasteiger partial charge in [-0.3, -0.25) is 4.79 Å². The van der Waals surface area contributed by atoms with Crippen molar-refractivity contribution in [3.63, 3.8) is 0 Å². The van der Waals surface area contributed by atoms with Crippen molar-refractivity contribution >= 4 is 17.3 Å². The van der Waals surface area contributed by atoms with Crippen LogP contribution in [-0.2, 0) is 0 Å². The van der Waals surface area contributed by atoms with Gasteiger partial charge in [0.1, 0.15) is 0 Å². The summed E-state index contributed by atoms with van der Waals surface area (Å²) >= 11 is 0. The molecule has 0 aliphatic carbocycles. The van der Waals surface area contributed by atoms with Crippen molar-refractivity contribution in [1.29, 1.82) is 0 Å². The number of hydrogen-bond acceptors (Lipinski definition) is 4. The van der Waals surface area contributed by atoms with Gasteiger partial charge in [-0.25, -0.2) is 0 Å². The molecule has 0 atom stereocenters. The van der Waals surface area contributed by atoms with Gasteiger partial charge < -0.3 is 20.6 Å². The third-order valence-electron chi connectivity index (χ3n) is 2.88. The fraction of sp³-hybridized carbons (Fsp3) is 0.500. The number of aliphatic hydroxyl groups excluding tert-OH is 1. The Bertz CT molecular complexity index is 427. The fourth-order valence-electron chi connectivity index (χ4n) is 1.98. The molecule has 0 unspecified atom stereocenters. The van der Waals surface area contributed by atoms with E-state index in [1.54, 1.807) is 26.2 Å². The van der Waals surface area contributed by atoms with Gasteiger partial charge in [-0.2, -0.15) is 0 Å². The van der Waals surface area contributed by atoms with Crippen LogP contribution in [0.15, 0.2) is 18.2 Å². The summed E-state index contributed by atoms with van der Waals surface area (Å²) < 4.78 is 0. The van der Waals surface area contributed by atoms with Crippen LogP contribution in [0.2, 0.25) is 0 Å². The van der Waals surface area contributed by atoms with Gasteiger partial charge in [0.25, 0.3) is 5.91 Å². The zero-order valence-electron chi connectivity index (χ0n) is 11.9. The Balaban J connectivity index is 3.01. The van der Waals surface area contributed by atoms with Crippen LogP contribution in [0.25, 0.3) is 0 Å². The van der Waals surface area contributed by atoms with E-state index in [2.05, 4.69) is 6.92 Å². The average Bonchev–Trinajstić information content (AvgIpc) is 2.37. The summed E-state index contributed by atoms with van der Waals surface area (Å²) in [5, 5.41) is 9.09. The summed E-state index contributed by atoms with van der Waals surface area (Å²) in [4.78, 5) is 15.4. The molecule has 0 aliphatic rings. The van der Waals surface area contributed by atoms with Crippen molar-refractivity contribution in [2.75, 3.05) is 44.4 Å². The molecule has 0 saturated carbocycles. The van der Waals surface area contributed by atoms with E-state index in [0.717, 1.165) is 18.7 Å². The summed E-state index contributed by atoms with van der Waals surface area (Å²) in [5.41, 5.74) is 8.03. The monoisotopic (exact) mass is 265 g/mol. The van der Waals surface area contributed by atoms with Gasteiger partial charge in [-0.1, -0.05) is 6.92 Å². The molecule has 19 heavy (non-hydrogen) atoms. The molecule has 0 radical (unpaired) electrons. The van der Waals surface area contributed by atoms with Crippen LogP contribution in [0.5, 0.6) is 0 Å². The van der Waals surface area contributed by atoms with E-state index >= 15 is 0 Å². The second kappa shape index (κ2) is 6.99. The molecule has 1 aromatic rings. The van der Waals surface area contributed by atoms with Gasteiger partial charge in [0.15, 0.2) is 0 Å². The third kappa shape index (κ3) is 3.86. The predicted molar refractivity (Wildman–Crippen MR) is 78.5 cm³/mol. The van der Waals surface area contributed by atoms with Crippen molar-refractivity contribution in [2.24, 2.45) is 0 Å². The second-order valence-electron chi connectivity index (χ2n) is 4.68. The summed E-state index contributed by atoms with van der Waals surface area (Å²) in [7, 11) is 3.42. The maximum atomic E-state index is 11.8. The Hall–Kier alpha value is -1.75. The first-order valence-electron chi connectivity index (χ1n) is 6.48. The molecule has 5 nitrogen and oxygen atoms in total. The lowest BCUT2D eigenvalue weighted by atomic mass is 10.1. The summed E-state index contributed by atoms with van der Waals surface area (Å²) in [6, 6.07) is 5.31. The number of aliphatic hydroxyl groups is 1. The number of anilines is 2. The molecule has 3 N–H and O–H groups in total. The highest BCUT2D eigenvalue weighted by Crippen LogP contribution is 2.25. The van der Waals surface area contributed by atoms with Gasteiger partial charge >= 0.3 is 0 Å². The van der Waals surface area contributed by atoms with Crippen LogP contribution >= 0.6 is 0 Å². The number of benzene rings is 1. The molecule has 5 heteroatoms. The first-order valence-corrected chi connectivity index (χ1v) is 6.48. The van der Waals surface area contributed by atoms with E-state index < -0.39 is 0 Å². The number of nitrogens with two attached hydrogens (primary N) is 1. The molecule has 0 saturated heterocycles. The highest BCUT2D eigenvalue weighted by Gasteiger charge is 2.13. The Morgan fingerprint density at radius 1 is 1.32 bits per heavy atom. The lowest BCUT2D eigenvalue weighted by molar-refractivity contribution is 0.0827. The lowest BCUT2D eigenvalue weighted by Gasteiger charge is -2.25. The van der Waals surface area contributed by atoms with E-state index in [4.69, 9.17) is 10.8 Å². The molecule has 0 aromatic heterocycles. The van der Waals surface area contributed by atoms with E-state index in [1.165, 1.54) is 4.90 Å². The van der Waals surface area contributed by atoms with Crippen LogP contribution < -0.4 is 10.6 Å². The molecule has 1 aromatic carbocycles. The molecule has 0 bridgehead atoms. The Kier molecular flexibility index (Phi) is 5.63. The maximum absolute atomic E-state index is 11.8. The minimum absolute atomic E-state index is 0.0672. The van der Waals surface area contributed by atoms with Crippen molar-refractivity contribution < 1.29 is 9.90 Å². The van der Waals surface area contributed by atoms with E-state index in [-0.39, 0.29) is 12.5 Å². The SMILES string of the molecule is CCCN(CCO)c1ccc(C(=O)N(C)C)cc1N. The highest BCUT2D eigenvalue weighted by atomic mass is 16.3. The van der Waals surface area contributed by atoms with Crippen LogP contribution in [0.3, 0.4) is 0 Å². The molecular weight excluding hydrogens is 242 g/mol. The van der Waals surface area contributed by atoms with Gasteiger partial charge in [0, 0.05) is 32.7 Å². The molecule has 0 heterocycles. The summed E-state index contributed by atoms with van der Waals surface area (Å²) in [6.45, 7) is 3.52. The number of carbonyl (C=O) groups is 1. The molecule has 106 valence electrons. The average molecular weight is 265 g/mol. The van der Waals surface area contributed by atoms with Crippen molar-refractivity contribution in [3.8, 4) is 0 Å². The third-order valence-corrected chi connectivity index (χ3v) is 2.88.